The summed E-state index contributed by atoms with van der Waals surface area (Å²) in [6, 6.07) is 0. The fourth-order valence-electron chi connectivity index (χ4n) is 5.39. The molecule has 0 aromatic heterocycles. The van der Waals surface area contributed by atoms with E-state index in [0.717, 1.165) is 51.4 Å². The van der Waals surface area contributed by atoms with Gasteiger partial charge < -0.3 is 10.2 Å². The van der Waals surface area contributed by atoms with Gasteiger partial charge in [0.1, 0.15) is 12.2 Å². The fourth-order valence-corrected chi connectivity index (χ4v) is 5.39. The maximum atomic E-state index is 12.3. The van der Waals surface area contributed by atoms with Gasteiger partial charge in [0.25, 0.3) is 0 Å². The molecule has 0 saturated carbocycles. The number of Topliss-reactive ketones (excluding diaryl/α,β-unsaturated/α-hetero) is 2. The van der Waals surface area contributed by atoms with Crippen molar-refractivity contribution in [3.8, 4) is 0 Å². The highest BCUT2D eigenvalue weighted by atomic mass is 16.3. The average Bonchev–Trinajstić information content (AvgIpc) is 3.00. The van der Waals surface area contributed by atoms with E-state index in [9.17, 15) is 19.8 Å². The third-order valence-corrected chi connectivity index (χ3v) is 8.33. The Kier molecular flexibility index (Phi) is 31.7. The molecular weight excluding hydrogens is 520 g/mol. The van der Waals surface area contributed by atoms with Crippen molar-refractivity contribution < 1.29 is 19.8 Å². The monoisotopic (exact) mass is 591 g/mol. The lowest BCUT2D eigenvalue weighted by Gasteiger charge is -2.15. The number of aliphatic hydroxyl groups excluding tert-OH is 2. The number of hydrogen-bond acceptors (Lipinski definition) is 4. The third-order valence-electron chi connectivity index (χ3n) is 8.33. The van der Waals surface area contributed by atoms with Crippen LogP contribution in [0.15, 0.2) is 24.3 Å². The zero-order valence-electron chi connectivity index (χ0n) is 28.0. The predicted molar refractivity (Wildman–Crippen MR) is 181 cm³/mol. The Bertz CT molecular complexity index is 597. The summed E-state index contributed by atoms with van der Waals surface area (Å²) >= 11 is 0. The standard InChI is InChI=1S/C38H70O4/c1-3-5-7-9-11-13-15-17-19-21-23-25-27-29-31-33-35(39)37(41)38(42)36(40)34-32-30-28-26-24-22-20-18-16-14-12-10-8-6-4-2/h17-20,37-38,41-42H,3-16,21-34H2,1-2H3/b19-17-,20-18-. The van der Waals surface area contributed by atoms with Gasteiger partial charge in [-0.05, 0) is 64.2 Å². The molecule has 42 heavy (non-hydrogen) atoms. The Morgan fingerprint density at radius 1 is 0.405 bits per heavy atom. The van der Waals surface area contributed by atoms with Crippen LogP contribution in [0.2, 0.25) is 0 Å². The lowest BCUT2D eigenvalue weighted by atomic mass is 9.97. The van der Waals surface area contributed by atoms with Crippen LogP contribution < -0.4 is 0 Å². The zero-order valence-corrected chi connectivity index (χ0v) is 28.0. The summed E-state index contributed by atoms with van der Waals surface area (Å²) in [5.41, 5.74) is 0. The highest BCUT2D eigenvalue weighted by Gasteiger charge is 2.28. The predicted octanol–water partition coefficient (Wildman–Crippen LogP) is 10.9. The summed E-state index contributed by atoms with van der Waals surface area (Å²) in [7, 11) is 0. The third kappa shape index (κ3) is 27.6. The number of carbonyl (C=O) groups is 2. The van der Waals surface area contributed by atoms with Crippen LogP contribution >= 0.6 is 0 Å². The molecule has 0 fully saturated rings. The minimum atomic E-state index is -1.57. The molecular formula is C38H70O4. The second-order valence-corrected chi connectivity index (χ2v) is 12.5. The molecule has 4 heteroatoms. The molecule has 0 aliphatic carbocycles. The quantitative estimate of drug-likeness (QED) is 0.0589. The van der Waals surface area contributed by atoms with Crippen molar-refractivity contribution in [3.05, 3.63) is 24.3 Å². The maximum Gasteiger partial charge on any atom is 0.164 e. The number of allylic oxidation sites excluding steroid dienone is 4. The van der Waals surface area contributed by atoms with Crippen molar-refractivity contribution in [1.82, 2.24) is 0 Å². The molecule has 0 aliphatic heterocycles. The highest BCUT2D eigenvalue weighted by molar-refractivity contribution is 5.92. The second kappa shape index (κ2) is 32.6. The molecule has 0 aromatic rings. The smallest absolute Gasteiger partial charge is 0.164 e. The summed E-state index contributed by atoms with van der Waals surface area (Å²) in [6.45, 7) is 4.51. The molecule has 0 radical (unpaired) electrons. The van der Waals surface area contributed by atoms with Crippen LogP contribution in [-0.4, -0.2) is 34.0 Å². The normalized spacial score (nSPS) is 13.3. The van der Waals surface area contributed by atoms with E-state index in [2.05, 4.69) is 38.2 Å². The Balaban J connectivity index is 3.63. The van der Waals surface area contributed by atoms with Crippen molar-refractivity contribution in [3.63, 3.8) is 0 Å². The Morgan fingerprint density at radius 2 is 0.643 bits per heavy atom. The van der Waals surface area contributed by atoms with Crippen LogP contribution in [0.4, 0.5) is 0 Å². The van der Waals surface area contributed by atoms with E-state index in [1.165, 1.54) is 103 Å². The molecule has 2 unspecified atom stereocenters. The van der Waals surface area contributed by atoms with Gasteiger partial charge in [-0.15, -0.1) is 0 Å². The number of unbranched alkanes of at least 4 members (excludes halogenated alkanes) is 22. The molecule has 4 nitrogen and oxygen atoms in total. The zero-order chi connectivity index (χ0) is 30.9. The lowest BCUT2D eigenvalue weighted by molar-refractivity contribution is -0.143. The first-order chi connectivity index (χ1) is 20.5. The topological polar surface area (TPSA) is 74.6 Å². The first-order valence-electron chi connectivity index (χ1n) is 18.3. The van der Waals surface area contributed by atoms with Gasteiger partial charge >= 0.3 is 0 Å². The largest absolute Gasteiger partial charge is 0.382 e. The van der Waals surface area contributed by atoms with E-state index in [4.69, 9.17) is 0 Å². The van der Waals surface area contributed by atoms with Gasteiger partial charge in [0.15, 0.2) is 11.6 Å². The molecule has 0 heterocycles. The summed E-state index contributed by atoms with van der Waals surface area (Å²) in [4.78, 5) is 24.5. The lowest BCUT2D eigenvalue weighted by Crippen LogP contribution is -2.39. The van der Waals surface area contributed by atoms with Crippen LogP contribution in [0.5, 0.6) is 0 Å². The van der Waals surface area contributed by atoms with Crippen molar-refractivity contribution in [1.29, 1.82) is 0 Å². The van der Waals surface area contributed by atoms with Gasteiger partial charge in [-0.1, -0.05) is 141 Å². The molecule has 0 spiro atoms. The molecule has 0 aliphatic rings. The van der Waals surface area contributed by atoms with Crippen molar-refractivity contribution in [2.45, 2.75) is 206 Å². The van der Waals surface area contributed by atoms with Gasteiger partial charge in [-0.2, -0.15) is 0 Å². The minimum Gasteiger partial charge on any atom is -0.382 e. The number of carbonyl (C=O) groups excluding carboxylic acids is 2. The molecule has 2 atom stereocenters. The maximum absolute atomic E-state index is 12.3. The van der Waals surface area contributed by atoms with Gasteiger partial charge in [0.2, 0.25) is 0 Å². The molecule has 0 saturated heterocycles. The molecule has 0 rings (SSSR count). The average molecular weight is 591 g/mol. The van der Waals surface area contributed by atoms with Crippen molar-refractivity contribution in [2.75, 3.05) is 0 Å². The van der Waals surface area contributed by atoms with E-state index in [1.807, 2.05) is 0 Å². The van der Waals surface area contributed by atoms with Gasteiger partial charge in [0.05, 0.1) is 0 Å². The number of rotatable bonds is 33. The van der Waals surface area contributed by atoms with Crippen LogP contribution in [-0.2, 0) is 9.59 Å². The van der Waals surface area contributed by atoms with Gasteiger partial charge in [0, 0.05) is 12.8 Å². The van der Waals surface area contributed by atoms with Crippen molar-refractivity contribution in [2.24, 2.45) is 0 Å². The van der Waals surface area contributed by atoms with E-state index in [-0.39, 0.29) is 12.8 Å². The SMILES string of the molecule is CCCCCCCC/C=C\CCCCCCCC(=O)C(O)C(O)C(=O)CCCCCCC/C=C\CCCCCCCC. The summed E-state index contributed by atoms with van der Waals surface area (Å²) in [6.07, 6.45) is 37.5. The molecule has 2 N–H and O–H groups in total. The molecule has 0 bridgehead atoms. The van der Waals surface area contributed by atoms with Crippen LogP contribution in [0.1, 0.15) is 194 Å². The summed E-state index contributed by atoms with van der Waals surface area (Å²) in [5.74, 6) is -0.809. The molecule has 246 valence electrons. The van der Waals surface area contributed by atoms with Crippen LogP contribution in [0.3, 0.4) is 0 Å². The number of hydrogen-bond donors (Lipinski definition) is 2. The Hall–Kier alpha value is -1.26. The fraction of sp³-hybridized carbons (Fsp3) is 0.842. The van der Waals surface area contributed by atoms with Crippen molar-refractivity contribution >= 4 is 11.6 Å². The first kappa shape index (κ1) is 40.7. The minimum absolute atomic E-state index is 0.233. The number of ketones is 2. The molecule has 0 amide bonds. The van der Waals surface area contributed by atoms with Gasteiger partial charge in [-0.3, -0.25) is 9.59 Å². The van der Waals surface area contributed by atoms with E-state index >= 15 is 0 Å². The molecule has 0 aromatic carbocycles. The Labute approximate surface area is 261 Å². The Morgan fingerprint density at radius 3 is 0.929 bits per heavy atom. The number of aliphatic hydroxyl groups is 2. The first-order valence-corrected chi connectivity index (χ1v) is 18.3. The van der Waals surface area contributed by atoms with Crippen LogP contribution in [0, 0.1) is 0 Å². The van der Waals surface area contributed by atoms with Gasteiger partial charge in [-0.25, -0.2) is 0 Å². The summed E-state index contributed by atoms with van der Waals surface area (Å²) < 4.78 is 0. The van der Waals surface area contributed by atoms with E-state index in [1.54, 1.807) is 0 Å². The van der Waals surface area contributed by atoms with E-state index in [0.29, 0.717) is 12.8 Å². The second-order valence-electron chi connectivity index (χ2n) is 12.5. The summed E-state index contributed by atoms with van der Waals surface area (Å²) in [5, 5.41) is 20.3. The van der Waals surface area contributed by atoms with E-state index < -0.39 is 23.8 Å². The van der Waals surface area contributed by atoms with Crippen LogP contribution in [0.25, 0.3) is 0 Å². The highest BCUT2D eigenvalue weighted by Crippen LogP contribution is 2.14.